The quantitative estimate of drug-likeness (QED) is 0.858. The summed E-state index contributed by atoms with van der Waals surface area (Å²) in [5.74, 6) is 1.33. The van der Waals surface area contributed by atoms with Crippen molar-refractivity contribution in [2.75, 3.05) is 0 Å². The van der Waals surface area contributed by atoms with Gasteiger partial charge in [-0.15, -0.1) is 0 Å². The molecule has 1 spiro atoms. The lowest BCUT2D eigenvalue weighted by molar-refractivity contribution is -0.136. The molecule has 1 N–H and O–H groups in total. The third-order valence-corrected chi connectivity index (χ3v) is 6.80. The molecule has 0 radical (unpaired) electrons. The fourth-order valence-corrected chi connectivity index (χ4v) is 5.29. The molecule has 2 aliphatic carbocycles. The van der Waals surface area contributed by atoms with Crippen LogP contribution < -0.4 is 5.56 Å². The number of nitrogens with one attached hydrogen (secondary N) is 1. The van der Waals surface area contributed by atoms with E-state index in [2.05, 4.69) is 14.9 Å². The number of hydrogen-bond donors (Lipinski definition) is 1. The molecule has 1 aromatic rings. The molecule has 2 bridgehead atoms. The summed E-state index contributed by atoms with van der Waals surface area (Å²) in [5.41, 5.74) is 2.11. The van der Waals surface area contributed by atoms with Gasteiger partial charge in [-0.25, -0.2) is 4.98 Å². The minimum atomic E-state index is -0.00525. The van der Waals surface area contributed by atoms with E-state index in [9.17, 15) is 9.59 Å². The number of hydrogen-bond acceptors (Lipinski definition) is 3. The highest BCUT2D eigenvalue weighted by Gasteiger charge is 2.63. The summed E-state index contributed by atoms with van der Waals surface area (Å²) in [4.78, 5) is 35.0. The molecule has 4 aliphatic rings. The molecule has 5 rings (SSSR count). The SMILES string of the molecule is Cc1nc2c(c(=O)[nH]1)C[C@@H]1CC[C@H](C2)N1C(=O)[C@H]1CC12CCC2. The molecule has 3 fully saturated rings. The minimum Gasteiger partial charge on any atom is -0.336 e. The van der Waals surface area contributed by atoms with Crippen molar-refractivity contribution in [2.45, 2.75) is 70.4 Å². The van der Waals surface area contributed by atoms with Crippen molar-refractivity contribution in [1.29, 1.82) is 0 Å². The highest BCUT2D eigenvalue weighted by Crippen LogP contribution is 2.66. The Morgan fingerprint density at radius 2 is 2.00 bits per heavy atom. The first kappa shape index (κ1) is 13.8. The van der Waals surface area contributed by atoms with E-state index >= 15 is 0 Å². The molecule has 5 nitrogen and oxygen atoms in total. The lowest BCUT2D eigenvalue weighted by Gasteiger charge is -2.32. The zero-order chi connectivity index (χ0) is 15.8. The maximum Gasteiger partial charge on any atom is 0.254 e. The van der Waals surface area contributed by atoms with Crippen LogP contribution in [-0.4, -0.2) is 32.9 Å². The van der Waals surface area contributed by atoms with E-state index in [0.29, 0.717) is 23.6 Å². The third kappa shape index (κ3) is 1.88. The summed E-state index contributed by atoms with van der Waals surface area (Å²) in [6, 6.07) is 0.456. The summed E-state index contributed by atoms with van der Waals surface area (Å²) >= 11 is 0. The van der Waals surface area contributed by atoms with Gasteiger partial charge >= 0.3 is 0 Å². The topological polar surface area (TPSA) is 66.1 Å². The zero-order valence-electron chi connectivity index (χ0n) is 13.6. The van der Waals surface area contributed by atoms with Crippen molar-refractivity contribution in [3.63, 3.8) is 0 Å². The van der Waals surface area contributed by atoms with Gasteiger partial charge in [0.15, 0.2) is 0 Å². The maximum absolute atomic E-state index is 13.1. The third-order valence-electron chi connectivity index (χ3n) is 6.80. The lowest BCUT2D eigenvalue weighted by atomic mass is 9.79. The van der Waals surface area contributed by atoms with Gasteiger partial charge < -0.3 is 9.88 Å². The Balaban J connectivity index is 1.46. The molecular formula is C18H23N3O2. The number of aryl methyl sites for hydroxylation is 1. The lowest BCUT2D eigenvalue weighted by Crippen LogP contribution is -2.44. The number of carbonyl (C=O) groups is 1. The predicted molar refractivity (Wildman–Crippen MR) is 85.0 cm³/mol. The molecule has 1 saturated heterocycles. The van der Waals surface area contributed by atoms with Crippen LogP contribution in [0.15, 0.2) is 4.79 Å². The second-order valence-corrected chi connectivity index (χ2v) is 8.09. The minimum absolute atomic E-state index is 0.00525. The molecule has 2 aliphatic heterocycles. The average molecular weight is 313 g/mol. The highest BCUT2D eigenvalue weighted by molar-refractivity contribution is 5.84. The largest absolute Gasteiger partial charge is 0.336 e. The van der Waals surface area contributed by atoms with Crippen LogP contribution in [0.4, 0.5) is 0 Å². The van der Waals surface area contributed by atoms with Crippen molar-refractivity contribution in [2.24, 2.45) is 11.3 Å². The normalized spacial score (nSPS) is 33.1. The van der Waals surface area contributed by atoms with Crippen molar-refractivity contribution >= 4 is 5.91 Å². The first-order chi connectivity index (χ1) is 11.1. The van der Waals surface area contributed by atoms with Gasteiger partial charge in [0.1, 0.15) is 5.82 Å². The van der Waals surface area contributed by atoms with Crippen molar-refractivity contribution in [1.82, 2.24) is 14.9 Å². The van der Waals surface area contributed by atoms with Crippen LogP contribution in [0.2, 0.25) is 0 Å². The van der Waals surface area contributed by atoms with Crippen LogP contribution in [0.5, 0.6) is 0 Å². The summed E-state index contributed by atoms with van der Waals surface area (Å²) in [5, 5.41) is 0. The van der Waals surface area contributed by atoms with E-state index in [1.165, 1.54) is 19.3 Å². The van der Waals surface area contributed by atoms with E-state index in [1.54, 1.807) is 0 Å². The van der Waals surface area contributed by atoms with Gasteiger partial charge in [0, 0.05) is 36.4 Å². The Morgan fingerprint density at radius 1 is 1.26 bits per heavy atom. The number of amides is 1. The molecule has 3 atom stereocenters. The number of aromatic amines is 1. The predicted octanol–water partition coefficient (Wildman–Crippen LogP) is 1.73. The molecule has 23 heavy (non-hydrogen) atoms. The Labute approximate surface area is 135 Å². The Kier molecular flexibility index (Phi) is 2.67. The van der Waals surface area contributed by atoms with Crippen LogP contribution in [0, 0.1) is 18.3 Å². The van der Waals surface area contributed by atoms with E-state index < -0.39 is 0 Å². The first-order valence-electron chi connectivity index (χ1n) is 8.98. The van der Waals surface area contributed by atoms with Crippen molar-refractivity contribution in [3.05, 3.63) is 27.4 Å². The molecule has 1 aromatic heterocycles. The number of nitrogens with zero attached hydrogens (tertiary/aromatic N) is 2. The first-order valence-corrected chi connectivity index (χ1v) is 8.98. The second-order valence-electron chi connectivity index (χ2n) is 8.09. The summed E-state index contributed by atoms with van der Waals surface area (Å²) < 4.78 is 0. The molecule has 2 saturated carbocycles. The number of carbonyl (C=O) groups excluding carboxylic acids is 1. The molecule has 3 heterocycles. The van der Waals surface area contributed by atoms with E-state index in [1.807, 2.05) is 6.92 Å². The summed E-state index contributed by atoms with van der Waals surface area (Å²) in [6.07, 6.45) is 8.40. The highest BCUT2D eigenvalue weighted by atomic mass is 16.2. The van der Waals surface area contributed by atoms with Crippen LogP contribution in [-0.2, 0) is 17.6 Å². The van der Waals surface area contributed by atoms with E-state index in [-0.39, 0.29) is 23.6 Å². The second kappa shape index (κ2) is 4.46. The molecule has 0 unspecified atom stereocenters. The molecule has 0 aromatic carbocycles. The average Bonchev–Trinajstić information content (AvgIpc) is 3.13. The monoisotopic (exact) mass is 313 g/mol. The maximum atomic E-state index is 13.1. The number of aromatic nitrogens is 2. The van der Waals surface area contributed by atoms with Crippen LogP contribution in [0.25, 0.3) is 0 Å². The Bertz CT molecular complexity index is 749. The van der Waals surface area contributed by atoms with Crippen LogP contribution in [0.3, 0.4) is 0 Å². The van der Waals surface area contributed by atoms with Crippen molar-refractivity contribution < 1.29 is 4.79 Å². The van der Waals surface area contributed by atoms with Gasteiger partial charge in [0.05, 0.1) is 5.69 Å². The Hall–Kier alpha value is -1.65. The van der Waals surface area contributed by atoms with Crippen LogP contribution in [0.1, 0.15) is 55.6 Å². The van der Waals surface area contributed by atoms with Gasteiger partial charge in [0.2, 0.25) is 5.91 Å². The number of rotatable bonds is 1. The summed E-state index contributed by atoms with van der Waals surface area (Å²) in [6.45, 7) is 1.83. The van der Waals surface area contributed by atoms with Crippen molar-refractivity contribution in [3.8, 4) is 0 Å². The number of fused-ring (bicyclic) bond motifs is 3. The zero-order valence-corrected chi connectivity index (χ0v) is 13.6. The smallest absolute Gasteiger partial charge is 0.254 e. The van der Waals surface area contributed by atoms with E-state index in [4.69, 9.17) is 0 Å². The molecular weight excluding hydrogens is 290 g/mol. The fraction of sp³-hybridized carbons (Fsp3) is 0.722. The molecule has 122 valence electrons. The van der Waals surface area contributed by atoms with Gasteiger partial charge in [-0.3, -0.25) is 9.59 Å². The van der Waals surface area contributed by atoms with Crippen LogP contribution >= 0.6 is 0 Å². The fourth-order valence-electron chi connectivity index (χ4n) is 5.29. The molecule has 5 heteroatoms. The van der Waals surface area contributed by atoms with Gasteiger partial charge in [0.25, 0.3) is 5.56 Å². The summed E-state index contributed by atoms with van der Waals surface area (Å²) in [7, 11) is 0. The Morgan fingerprint density at radius 3 is 2.65 bits per heavy atom. The van der Waals surface area contributed by atoms with Gasteiger partial charge in [-0.05, 0) is 44.4 Å². The van der Waals surface area contributed by atoms with Gasteiger partial charge in [-0.1, -0.05) is 6.42 Å². The van der Waals surface area contributed by atoms with Gasteiger partial charge in [-0.2, -0.15) is 0 Å². The number of H-pyrrole nitrogens is 1. The molecule has 1 amide bonds. The standard InChI is InChI=1S/C18H23N3O2/c1-10-19-15-8-12-4-3-11(7-13(15)16(22)20-10)21(12)17(23)14-9-18(14)5-2-6-18/h11-12,14H,2-9H2,1H3,(H,19,20,22)/t11-,12+,14+/m0/s1. The van der Waals surface area contributed by atoms with E-state index in [0.717, 1.165) is 36.9 Å².